The lowest BCUT2D eigenvalue weighted by Crippen LogP contribution is -2.31. The average Bonchev–Trinajstić information content (AvgIpc) is 3.57. The molecule has 1 amide bonds. The first-order valence-corrected chi connectivity index (χ1v) is 11.9. The van der Waals surface area contributed by atoms with Gasteiger partial charge in [0, 0.05) is 12.1 Å². The molecule has 1 aliphatic rings. The maximum absolute atomic E-state index is 13.2. The van der Waals surface area contributed by atoms with Crippen LogP contribution in [0.1, 0.15) is 40.8 Å². The van der Waals surface area contributed by atoms with Crippen molar-refractivity contribution >= 4 is 27.0 Å². The van der Waals surface area contributed by atoms with Gasteiger partial charge >= 0.3 is 0 Å². The summed E-state index contributed by atoms with van der Waals surface area (Å²) in [4.78, 5) is 23.1. The second-order valence-corrected chi connectivity index (χ2v) is 9.49. The number of sulfonamides is 1. The van der Waals surface area contributed by atoms with E-state index in [4.69, 9.17) is 4.42 Å². The summed E-state index contributed by atoms with van der Waals surface area (Å²) in [7, 11) is -3.72. The Morgan fingerprint density at radius 3 is 2.69 bits per heavy atom. The van der Waals surface area contributed by atoms with Crippen molar-refractivity contribution in [1.82, 2.24) is 19.6 Å². The Bertz CT molecular complexity index is 1310. The number of nitrogens with one attached hydrogen (secondary N) is 2. The number of carbonyl (C=O) groups excluding carboxylic acids is 1. The van der Waals surface area contributed by atoms with E-state index in [9.17, 15) is 13.2 Å². The van der Waals surface area contributed by atoms with E-state index < -0.39 is 10.0 Å². The molecule has 0 saturated carbocycles. The van der Waals surface area contributed by atoms with Crippen LogP contribution in [0, 0.1) is 0 Å². The Morgan fingerprint density at radius 1 is 1.12 bits per heavy atom. The third-order valence-electron chi connectivity index (χ3n) is 5.67. The maximum atomic E-state index is 13.2. The molecule has 0 unspecified atom stereocenters. The summed E-state index contributed by atoms with van der Waals surface area (Å²) in [6.07, 6.45) is 3.20. The van der Waals surface area contributed by atoms with Gasteiger partial charge in [0.15, 0.2) is 0 Å². The van der Waals surface area contributed by atoms with Crippen LogP contribution in [-0.4, -0.2) is 35.7 Å². The van der Waals surface area contributed by atoms with Gasteiger partial charge in [0.1, 0.15) is 11.6 Å². The molecule has 5 rings (SSSR count). The quantitative estimate of drug-likeness (QED) is 0.467. The van der Waals surface area contributed by atoms with E-state index >= 15 is 0 Å². The third kappa shape index (κ3) is 3.92. The van der Waals surface area contributed by atoms with Crippen molar-refractivity contribution in [3.63, 3.8) is 0 Å². The number of carbonyl (C=O) groups is 1. The predicted molar refractivity (Wildman–Crippen MR) is 118 cm³/mol. The highest BCUT2D eigenvalue weighted by molar-refractivity contribution is 7.89. The van der Waals surface area contributed by atoms with E-state index in [1.807, 2.05) is 24.3 Å². The minimum Gasteiger partial charge on any atom is -0.468 e. The molecule has 4 aromatic rings. The molecule has 1 atom stereocenters. The molecule has 2 N–H and O–H groups in total. The Hall–Kier alpha value is -3.43. The van der Waals surface area contributed by atoms with Crippen LogP contribution < -0.4 is 4.72 Å². The largest absolute Gasteiger partial charge is 0.468 e. The first-order chi connectivity index (χ1) is 15.5. The van der Waals surface area contributed by atoms with Crippen LogP contribution in [0.25, 0.3) is 11.0 Å². The number of imidazole rings is 1. The summed E-state index contributed by atoms with van der Waals surface area (Å²) in [6, 6.07) is 17.0. The summed E-state index contributed by atoms with van der Waals surface area (Å²) >= 11 is 0. The van der Waals surface area contributed by atoms with Crippen molar-refractivity contribution in [1.29, 1.82) is 0 Å². The Labute approximate surface area is 185 Å². The second kappa shape index (κ2) is 8.25. The molecule has 2 aromatic carbocycles. The summed E-state index contributed by atoms with van der Waals surface area (Å²) in [6.45, 7) is 0.689. The lowest BCUT2D eigenvalue weighted by molar-refractivity contribution is 0.0730. The molecular weight excluding hydrogens is 428 g/mol. The van der Waals surface area contributed by atoms with Crippen LogP contribution in [0.15, 0.2) is 76.2 Å². The lowest BCUT2D eigenvalue weighted by atomic mass is 10.1. The molecule has 3 heterocycles. The van der Waals surface area contributed by atoms with Crippen molar-refractivity contribution in [2.45, 2.75) is 30.3 Å². The minimum atomic E-state index is -3.72. The van der Waals surface area contributed by atoms with Gasteiger partial charge in [-0.05, 0) is 61.4 Å². The average molecular weight is 451 g/mol. The normalized spacial score (nSPS) is 16.6. The summed E-state index contributed by atoms with van der Waals surface area (Å²) in [5.41, 5.74) is 2.26. The molecule has 1 saturated heterocycles. The van der Waals surface area contributed by atoms with Crippen molar-refractivity contribution in [2.24, 2.45) is 0 Å². The van der Waals surface area contributed by atoms with Gasteiger partial charge in [-0.2, -0.15) is 0 Å². The Kier molecular flexibility index (Phi) is 5.28. The van der Waals surface area contributed by atoms with Crippen molar-refractivity contribution in [2.75, 3.05) is 6.54 Å². The summed E-state index contributed by atoms with van der Waals surface area (Å²) in [5, 5.41) is 0. The highest BCUT2D eigenvalue weighted by Gasteiger charge is 2.32. The number of furan rings is 1. The number of benzene rings is 2. The molecule has 32 heavy (non-hydrogen) atoms. The molecule has 0 bridgehead atoms. The van der Waals surface area contributed by atoms with Gasteiger partial charge in [0.2, 0.25) is 10.0 Å². The van der Waals surface area contributed by atoms with Crippen LogP contribution in [0.5, 0.6) is 0 Å². The van der Waals surface area contributed by atoms with Crippen LogP contribution >= 0.6 is 0 Å². The van der Waals surface area contributed by atoms with Crippen LogP contribution in [0.2, 0.25) is 0 Å². The van der Waals surface area contributed by atoms with Gasteiger partial charge in [-0.25, -0.2) is 18.1 Å². The van der Waals surface area contributed by atoms with E-state index in [-0.39, 0.29) is 23.4 Å². The Balaban J connectivity index is 1.32. The van der Waals surface area contributed by atoms with Gasteiger partial charge in [-0.1, -0.05) is 12.1 Å². The van der Waals surface area contributed by atoms with Gasteiger partial charge in [-0.3, -0.25) is 4.79 Å². The van der Waals surface area contributed by atoms with Gasteiger partial charge < -0.3 is 14.3 Å². The molecule has 1 aliphatic heterocycles. The van der Waals surface area contributed by atoms with Crippen molar-refractivity contribution in [3.8, 4) is 0 Å². The van der Waals surface area contributed by atoms with Crippen molar-refractivity contribution in [3.05, 3.63) is 84.1 Å². The van der Waals surface area contributed by atoms with Gasteiger partial charge in [-0.15, -0.1) is 0 Å². The Morgan fingerprint density at radius 2 is 1.94 bits per heavy atom. The maximum Gasteiger partial charge on any atom is 0.254 e. The zero-order valence-electron chi connectivity index (χ0n) is 17.2. The van der Waals surface area contributed by atoms with Crippen molar-refractivity contribution < 1.29 is 17.6 Å². The van der Waals surface area contributed by atoms with Gasteiger partial charge in [0.25, 0.3) is 5.91 Å². The number of H-pyrrole nitrogens is 1. The molecule has 8 nitrogen and oxygen atoms in total. The standard InChI is InChI=1S/C23H22N4O4S/c28-23(27-13-3-8-21(27)22-25-19-6-1-2-7-20(19)26-22)16-9-11-18(12-10-16)32(29,30)24-15-17-5-4-14-31-17/h1-2,4-7,9-12,14,21,24H,3,8,13,15H2,(H,25,26)/t21-/m1/s1. The highest BCUT2D eigenvalue weighted by Crippen LogP contribution is 2.32. The lowest BCUT2D eigenvalue weighted by Gasteiger charge is -2.23. The number of nitrogens with zero attached hydrogens (tertiary/aromatic N) is 2. The number of rotatable bonds is 6. The van der Waals surface area contributed by atoms with Gasteiger partial charge in [0.05, 0.1) is 34.8 Å². The van der Waals surface area contributed by atoms with Crippen LogP contribution in [-0.2, 0) is 16.6 Å². The molecule has 0 radical (unpaired) electrons. The predicted octanol–water partition coefficient (Wildman–Crippen LogP) is 3.61. The van der Waals surface area contributed by atoms with E-state index in [0.717, 1.165) is 29.7 Å². The molecule has 0 aliphatic carbocycles. The molecule has 1 fully saturated rings. The SMILES string of the molecule is O=C(c1ccc(S(=O)(=O)NCc2ccco2)cc1)N1CCC[C@@H]1c1nc2ccccc2[nH]1. The fourth-order valence-electron chi connectivity index (χ4n) is 4.03. The monoisotopic (exact) mass is 450 g/mol. The van der Waals surface area contributed by atoms with Crippen LogP contribution in [0.4, 0.5) is 0 Å². The van der Waals surface area contributed by atoms with E-state index in [1.165, 1.54) is 18.4 Å². The first kappa shape index (κ1) is 20.5. The number of hydrogen-bond donors (Lipinski definition) is 2. The number of likely N-dealkylation sites (tertiary alicyclic amines) is 1. The number of aromatic amines is 1. The van der Waals surface area contributed by atoms with E-state index in [2.05, 4.69) is 14.7 Å². The first-order valence-electron chi connectivity index (χ1n) is 10.4. The zero-order valence-corrected chi connectivity index (χ0v) is 18.0. The summed E-state index contributed by atoms with van der Waals surface area (Å²) < 4.78 is 32.7. The number of fused-ring (bicyclic) bond motifs is 1. The molecule has 9 heteroatoms. The summed E-state index contributed by atoms with van der Waals surface area (Å²) in [5.74, 6) is 1.16. The number of hydrogen-bond acceptors (Lipinski definition) is 5. The fraction of sp³-hybridized carbons (Fsp3) is 0.217. The molecule has 2 aromatic heterocycles. The third-order valence-corrected chi connectivity index (χ3v) is 7.08. The topological polar surface area (TPSA) is 108 Å². The van der Waals surface area contributed by atoms with Crippen LogP contribution in [0.3, 0.4) is 0 Å². The fourth-order valence-corrected chi connectivity index (χ4v) is 5.02. The van der Waals surface area contributed by atoms with E-state index in [0.29, 0.717) is 17.9 Å². The van der Waals surface area contributed by atoms with E-state index in [1.54, 1.807) is 29.2 Å². The zero-order chi connectivity index (χ0) is 22.1. The molecule has 164 valence electrons. The number of para-hydroxylation sites is 2. The minimum absolute atomic E-state index is 0.0585. The molecular formula is C23H22N4O4S. The number of amides is 1. The number of aromatic nitrogens is 2. The smallest absolute Gasteiger partial charge is 0.254 e. The highest BCUT2D eigenvalue weighted by atomic mass is 32.2. The molecule has 0 spiro atoms. The second-order valence-electron chi connectivity index (χ2n) is 7.72.